The first-order valence-corrected chi connectivity index (χ1v) is 8.17. The largest absolute Gasteiger partial charge is 0.467 e. The second-order valence-corrected chi connectivity index (χ2v) is 6.54. The lowest BCUT2D eigenvalue weighted by molar-refractivity contribution is -0.144. The van der Waals surface area contributed by atoms with Crippen molar-refractivity contribution in [1.29, 1.82) is 0 Å². The Balaban J connectivity index is 2.11. The average Bonchev–Trinajstić information content (AvgIpc) is 3.12. The minimum Gasteiger partial charge on any atom is -0.467 e. The van der Waals surface area contributed by atoms with Crippen LogP contribution in [0, 0.1) is 5.92 Å². The molecule has 1 unspecified atom stereocenters. The maximum Gasteiger partial charge on any atom is 0.328 e. The minimum atomic E-state index is -0.672. The van der Waals surface area contributed by atoms with Gasteiger partial charge in [0.05, 0.1) is 12.0 Å². The number of ether oxygens (including phenoxy) is 1. The molecule has 0 saturated heterocycles. The van der Waals surface area contributed by atoms with Crippen molar-refractivity contribution in [3.8, 4) is 9.88 Å². The number of hydrogen-bond donors (Lipinski definition) is 1. The average molecular weight is 324 g/mol. The molecule has 2 heterocycles. The van der Waals surface area contributed by atoms with Gasteiger partial charge in [0, 0.05) is 5.38 Å². The molecule has 0 saturated carbocycles. The molecule has 1 N–H and O–H groups in total. The second kappa shape index (κ2) is 6.82. The first-order chi connectivity index (χ1) is 10.0. The van der Waals surface area contributed by atoms with E-state index < -0.39 is 12.0 Å². The number of thiazole rings is 1. The van der Waals surface area contributed by atoms with Crippen LogP contribution in [0.5, 0.6) is 0 Å². The normalized spacial score (nSPS) is 12.2. The van der Waals surface area contributed by atoms with Gasteiger partial charge in [0.1, 0.15) is 16.7 Å². The molecule has 0 aromatic carbocycles. The van der Waals surface area contributed by atoms with E-state index >= 15 is 0 Å². The summed E-state index contributed by atoms with van der Waals surface area (Å²) in [5.74, 6) is -0.873. The third kappa shape index (κ3) is 3.68. The standard InChI is InChI=1S/C14H16N2O3S2/c1-8(2)11(14(18)19-3)16-12(17)9-7-21-13(15-9)10-5-4-6-20-10/h4-8,11H,1-3H3,(H,16,17). The number of hydrogen-bond acceptors (Lipinski definition) is 6. The van der Waals surface area contributed by atoms with Crippen LogP contribution in [-0.2, 0) is 9.53 Å². The summed E-state index contributed by atoms with van der Waals surface area (Å²) in [6, 6.07) is 3.22. The molecule has 2 rings (SSSR count). The number of aromatic nitrogens is 1. The van der Waals surface area contributed by atoms with Crippen molar-refractivity contribution in [3.05, 3.63) is 28.6 Å². The van der Waals surface area contributed by atoms with Gasteiger partial charge in [0.2, 0.25) is 0 Å². The quantitative estimate of drug-likeness (QED) is 0.859. The number of carbonyl (C=O) groups is 2. The fourth-order valence-corrected chi connectivity index (χ4v) is 3.35. The highest BCUT2D eigenvalue weighted by molar-refractivity contribution is 7.20. The van der Waals surface area contributed by atoms with Crippen LogP contribution in [0.15, 0.2) is 22.9 Å². The number of esters is 1. The van der Waals surface area contributed by atoms with Gasteiger partial charge in [-0.2, -0.15) is 0 Å². The number of thiophene rings is 1. The number of carbonyl (C=O) groups excluding carboxylic acids is 2. The number of amides is 1. The molecule has 2 aromatic rings. The van der Waals surface area contributed by atoms with Gasteiger partial charge in [0.15, 0.2) is 0 Å². The van der Waals surface area contributed by atoms with E-state index in [1.165, 1.54) is 18.4 Å². The number of rotatable bonds is 5. The lowest BCUT2D eigenvalue weighted by atomic mass is 10.0. The van der Waals surface area contributed by atoms with E-state index in [0.717, 1.165) is 9.88 Å². The summed E-state index contributed by atoms with van der Waals surface area (Å²) >= 11 is 2.98. The molecule has 112 valence electrons. The molecular weight excluding hydrogens is 308 g/mol. The second-order valence-electron chi connectivity index (χ2n) is 4.73. The maximum atomic E-state index is 12.2. The van der Waals surface area contributed by atoms with Crippen LogP contribution in [-0.4, -0.2) is 30.0 Å². The number of nitrogens with zero attached hydrogens (tertiary/aromatic N) is 1. The Morgan fingerprint density at radius 3 is 2.67 bits per heavy atom. The predicted octanol–water partition coefficient (Wildman–Crippen LogP) is 2.80. The third-order valence-corrected chi connectivity index (χ3v) is 4.76. The van der Waals surface area contributed by atoms with Gasteiger partial charge in [-0.1, -0.05) is 19.9 Å². The molecule has 0 spiro atoms. The maximum absolute atomic E-state index is 12.2. The molecule has 2 aromatic heterocycles. The molecule has 1 atom stereocenters. The summed E-state index contributed by atoms with van der Waals surface area (Å²) in [7, 11) is 1.31. The summed E-state index contributed by atoms with van der Waals surface area (Å²) in [6.45, 7) is 3.69. The van der Waals surface area contributed by atoms with Crippen LogP contribution in [0.4, 0.5) is 0 Å². The molecule has 21 heavy (non-hydrogen) atoms. The summed E-state index contributed by atoms with van der Waals surface area (Å²) in [6.07, 6.45) is 0. The van der Waals surface area contributed by atoms with Crippen LogP contribution >= 0.6 is 22.7 Å². The van der Waals surface area contributed by atoms with Gasteiger partial charge in [0.25, 0.3) is 5.91 Å². The fourth-order valence-electron chi connectivity index (χ4n) is 1.73. The monoisotopic (exact) mass is 324 g/mol. The van der Waals surface area contributed by atoms with Crippen molar-refractivity contribution in [2.24, 2.45) is 5.92 Å². The SMILES string of the molecule is COC(=O)C(NC(=O)c1csc(-c2cccs2)n1)C(C)C. The van der Waals surface area contributed by atoms with E-state index in [1.54, 1.807) is 16.7 Å². The molecule has 0 aliphatic heterocycles. The summed E-state index contributed by atoms with van der Waals surface area (Å²) in [5.41, 5.74) is 0.318. The van der Waals surface area contributed by atoms with Crippen LogP contribution in [0.1, 0.15) is 24.3 Å². The zero-order valence-corrected chi connectivity index (χ0v) is 13.6. The van der Waals surface area contributed by atoms with E-state index in [1.807, 2.05) is 31.4 Å². The minimum absolute atomic E-state index is 0.0585. The van der Waals surface area contributed by atoms with Crippen molar-refractivity contribution in [2.75, 3.05) is 7.11 Å². The van der Waals surface area contributed by atoms with Crippen molar-refractivity contribution >= 4 is 34.6 Å². The van der Waals surface area contributed by atoms with Crippen molar-refractivity contribution < 1.29 is 14.3 Å². The highest BCUT2D eigenvalue weighted by Gasteiger charge is 2.26. The van der Waals surface area contributed by atoms with E-state index in [9.17, 15) is 9.59 Å². The van der Waals surface area contributed by atoms with Gasteiger partial charge in [-0.25, -0.2) is 9.78 Å². The highest BCUT2D eigenvalue weighted by Crippen LogP contribution is 2.27. The summed E-state index contributed by atoms with van der Waals surface area (Å²) in [4.78, 5) is 29.2. The Morgan fingerprint density at radius 1 is 1.33 bits per heavy atom. The molecule has 5 nitrogen and oxygen atoms in total. The van der Waals surface area contributed by atoms with Gasteiger partial charge >= 0.3 is 5.97 Å². The molecule has 0 bridgehead atoms. The van der Waals surface area contributed by atoms with Crippen LogP contribution in [0.25, 0.3) is 9.88 Å². The third-order valence-electron chi connectivity index (χ3n) is 2.88. The number of methoxy groups -OCH3 is 1. The van der Waals surface area contributed by atoms with E-state index in [0.29, 0.717) is 5.69 Å². The molecule has 0 fully saturated rings. The topological polar surface area (TPSA) is 68.3 Å². The summed E-state index contributed by atoms with van der Waals surface area (Å²) < 4.78 is 4.70. The Kier molecular flexibility index (Phi) is 5.08. The van der Waals surface area contributed by atoms with Crippen LogP contribution in [0.2, 0.25) is 0 Å². The van der Waals surface area contributed by atoms with Crippen molar-refractivity contribution in [1.82, 2.24) is 10.3 Å². The Bertz CT molecular complexity index is 620. The van der Waals surface area contributed by atoms with Gasteiger partial charge in [-0.15, -0.1) is 22.7 Å². The van der Waals surface area contributed by atoms with E-state index in [4.69, 9.17) is 4.74 Å². The zero-order valence-electron chi connectivity index (χ0n) is 12.0. The molecule has 0 aliphatic carbocycles. The summed E-state index contributed by atoms with van der Waals surface area (Å²) in [5, 5.41) is 7.13. The number of nitrogens with one attached hydrogen (secondary N) is 1. The van der Waals surface area contributed by atoms with Gasteiger partial charge in [-0.05, 0) is 17.4 Å². The molecule has 0 aliphatic rings. The predicted molar refractivity (Wildman–Crippen MR) is 83.5 cm³/mol. The van der Waals surface area contributed by atoms with Crippen LogP contribution < -0.4 is 5.32 Å². The van der Waals surface area contributed by atoms with E-state index in [-0.39, 0.29) is 11.8 Å². The van der Waals surface area contributed by atoms with E-state index in [2.05, 4.69) is 10.3 Å². The first-order valence-electron chi connectivity index (χ1n) is 6.41. The highest BCUT2D eigenvalue weighted by atomic mass is 32.1. The van der Waals surface area contributed by atoms with Gasteiger partial charge < -0.3 is 10.1 Å². The molecule has 0 radical (unpaired) electrons. The lowest BCUT2D eigenvalue weighted by Gasteiger charge is -2.19. The molecule has 7 heteroatoms. The molecule has 1 amide bonds. The van der Waals surface area contributed by atoms with Gasteiger partial charge in [-0.3, -0.25) is 4.79 Å². The Labute approximate surface area is 131 Å². The smallest absolute Gasteiger partial charge is 0.328 e. The Morgan fingerprint density at radius 2 is 2.10 bits per heavy atom. The van der Waals surface area contributed by atoms with Crippen molar-refractivity contribution in [3.63, 3.8) is 0 Å². The van der Waals surface area contributed by atoms with Crippen LogP contribution in [0.3, 0.4) is 0 Å². The first kappa shape index (κ1) is 15.7. The fraction of sp³-hybridized carbons (Fsp3) is 0.357. The lowest BCUT2D eigenvalue weighted by Crippen LogP contribution is -2.45. The zero-order chi connectivity index (χ0) is 15.4. The van der Waals surface area contributed by atoms with Crippen molar-refractivity contribution in [2.45, 2.75) is 19.9 Å². The molecular formula is C14H16N2O3S2. The Hall–Kier alpha value is -1.73.